The van der Waals surface area contributed by atoms with E-state index in [1.54, 1.807) is 13.3 Å². The molecule has 22 heavy (non-hydrogen) atoms. The smallest absolute Gasteiger partial charge is 0.227 e. The lowest BCUT2D eigenvalue weighted by Crippen LogP contribution is -2.00. The number of halogens is 1. The van der Waals surface area contributed by atoms with E-state index in [9.17, 15) is 0 Å². The third kappa shape index (κ3) is 3.02. The zero-order valence-electron chi connectivity index (χ0n) is 12.0. The maximum Gasteiger partial charge on any atom is 0.227 e. The lowest BCUT2D eigenvalue weighted by atomic mass is 10.1. The fraction of sp³-hybridized carbons (Fsp3) is 0.0588. The molecule has 4 nitrogen and oxygen atoms in total. The first-order valence-electron chi connectivity index (χ1n) is 6.76. The Balaban J connectivity index is 1.96. The summed E-state index contributed by atoms with van der Waals surface area (Å²) in [7, 11) is 1.62. The van der Waals surface area contributed by atoms with E-state index in [0.29, 0.717) is 16.7 Å². The lowest BCUT2D eigenvalue weighted by Gasteiger charge is -2.11. The number of hydrogen-bond acceptors (Lipinski definition) is 4. The topological polar surface area (TPSA) is 47.0 Å². The van der Waals surface area contributed by atoms with Crippen LogP contribution >= 0.6 is 11.6 Å². The fourth-order valence-corrected chi connectivity index (χ4v) is 2.29. The Hall–Kier alpha value is -2.59. The molecule has 0 bridgehead atoms. The number of rotatable bonds is 4. The molecular weight excluding hydrogens is 298 g/mol. The van der Waals surface area contributed by atoms with Crippen molar-refractivity contribution < 1.29 is 4.74 Å². The van der Waals surface area contributed by atoms with Crippen molar-refractivity contribution in [3.05, 3.63) is 65.8 Å². The molecule has 0 fully saturated rings. The molecule has 1 heterocycles. The van der Waals surface area contributed by atoms with E-state index in [1.807, 2.05) is 54.6 Å². The monoisotopic (exact) mass is 311 g/mol. The van der Waals surface area contributed by atoms with Gasteiger partial charge in [0.05, 0.1) is 29.7 Å². The van der Waals surface area contributed by atoms with Gasteiger partial charge in [0.1, 0.15) is 5.75 Å². The van der Waals surface area contributed by atoms with Crippen LogP contribution in [0, 0.1) is 0 Å². The minimum atomic E-state index is 0.466. The number of nitrogens with one attached hydrogen (secondary N) is 1. The second-order valence-electron chi connectivity index (χ2n) is 4.58. The fourth-order valence-electron chi connectivity index (χ4n) is 2.09. The first-order chi connectivity index (χ1) is 10.8. The molecule has 5 heteroatoms. The molecule has 0 aliphatic heterocycles. The summed E-state index contributed by atoms with van der Waals surface area (Å²) in [4.78, 5) is 8.73. The summed E-state index contributed by atoms with van der Waals surface area (Å²) in [5, 5.41) is 3.67. The number of para-hydroxylation sites is 2. The van der Waals surface area contributed by atoms with Gasteiger partial charge in [-0.1, -0.05) is 54.1 Å². The van der Waals surface area contributed by atoms with Crippen LogP contribution in [-0.4, -0.2) is 17.1 Å². The number of methoxy groups -OCH3 is 1. The number of aromatic nitrogens is 2. The molecule has 3 aromatic rings. The number of anilines is 2. The molecule has 0 saturated carbocycles. The third-order valence-corrected chi connectivity index (χ3v) is 3.42. The zero-order valence-corrected chi connectivity index (χ0v) is 12.7. The van der Waals surface area contributed by atoms with E-state index in [1.165, 1.54) is 0 Å². The summed E-state index contributed by atoms with van der Waals surface area (Å²) < 4.78 is 5.31. The minimum Gasteiger partial charge on any atom is -0.495 e. The second-order valence-corrected chi connectivity index (χ2v) is 4.99. The van der Waals surface area contributed by atoms with Crippen LogP contribution in [0.5, 0.6) is 5.75 Å². The highest BCUT2D eigenvalue weighted by atomic mass is 35.5. The summed E-state index contributed by atoms with van der Waals surface area (Å²) in [6, 6.07) is 17.4. The highest BCUT2D eigenvalue weighted by molar-refractivity contribution is 6.32. The summed E-state index contributed by atoms with van der Waals surface area (Å²) in [5.74, 6) is 1.19. The average molecular weight is 312 g/mol. The van der Waals surface area contributed by atoms with Crippen molar-refractivity contribution in [3.8, 4) is 17.0 Å². The van der Waals surface area contributed by atoms with E-state index in [0.717, 1.165) is 17.0 Å². The predicted molar refractivity (Wildman–Crippen MR) is 88.8 cm³/mol. The quantitative estimate of drug-likeness (QED) is 0.768. The number of hydrogen-bond donors (Lipinski definition) is 1. The van der Waals surface area contributed by atoms with Crippen LogP contribution in [-0.2, 0) is 0 Å². The molecular formula is C17H14ClN3O. The molecule has 2 aromatic carbocycles. The molecule has 0 spiro atoms. The van der Waals surface area contributed by atoms with Crippen LogP contribution in [0.2, 0.25) is 5.02 Å². The molecule has 0 aliphatic carbocycles. The van der Waals surface area contributed by atoms with Gasteiger partial charge in [-0.05, 0) is 12.1 Å². The van der Waals surface area contributed by atoms with Gasteiger partial charge in [0.25, 0.3) is 0 Å². The number of nitrogens with zero attached hydrogens (tertiary/aromatic N) is 2. The first-order valence-corrected chi connectivity index (χ1v) is 7.14. The molecule has 3 rings (SSSR count). The summed E-state index contributed by atoms with van der Waals surface area (Å²) in [5.41, 5.74) is 2.43. The normalized spacial score (nSPS) is 10.3. The van der Waals surface area contributed by atoms with Crippen molar-refractivity contribution in [2.45, 2.75) is 0 Å². The van der Waals surface area contributed by atoms with Crippen LogP contribution in [0.15, 0.2) is 60.8 Å². The Morgan fingerprint density at radius 3 is 2.50 bits per heavy atom. The van der Waals surface area contributed by atoms with Crippen LogP contribution in [0.4, 0.5) is 11.6 Å². The van der Waals surface area contributed by atoms with E-state index in [-0.39, 0.29) is 0 Å². The standard InChI is InChI=1S/C17H14ClN3O/c1-22-15-10-6-5-9-14(15)20-17-19-11-13(18)16(21-17)12-7-3-2-4-8-12/h2-11H,1H3,(H,19,20,21). The summed E-state index contributed by atoms with van der Waals surface area (Å²) in [6.45, 7) is 0. The second kappa shape index (κ2) is 6.45. The van der Waals surface area contributed by atoms with Gasteiger partial charge in [-0.3, -0.25) is 0 Å². The highest BCUT2D eigenvalue weighted by Gasteiger charge is 2.09. The molecule has 0 aliphatic rings. The van der Waals surface area contributed by atoms with E-state index >= 15 is 0 Å². The van der Waals surface area contributed by atoms with Crippen molar-refractivity contribution in [1.82, 2.24) is 9.97 Å². The maximum atomic E-state index is 6.21. The number of benzene rings is 2. The van der Waals surface area contributed by atoms with Crippen molar-refractivity contribution in [2.24, 2.45) is 0 Å². The van der Waals surface area contributed by atoms with E-state index < -0.39 is 0 Å². The Kier molecular flexibility index (Phi) is 4.21. The lowest BCUT2D eigenvalue weighted by molar-refractivity contribution is 0.417. The van der Waals surface area contributed by atoms with Gasteiger partial charge in [-0.25, -0.2) is 9.97 Å². The molecule has 0 unspecified atom stereocenters. The van der Waals surface area contributed by atoms with Crippen LogP contribution in [0.3, 0.4) is 0 Å². The van der Waals surface area contributed by atoms with Gasteiger partial charge < -0.3 is 10.1 Å². The molecule has 0 saturated heterocycles. The van der Waals surface area contributed by atoms with Gasteiger partial charge in [0.15, 0.2) is 0 Å². The Morgan fingerprint density at radius 2 is 1.73 bits per heavy atom. The first kappa shape index (κ1) is 14.4. The van der Waals surface area contributed by atoms with Crippen LogP contribution in [0.25, 0.3) is 11.3 Å². The van der Waals surface area contributed by atoms with Gasteiger partial charge >= 0.3 is 0 Å². The Morgan fingerprint density at radius 1 is 1.00 bits per heavy atom. The third-order valence-electron chi connectivity index (χ3n) is 3.14. The van der Waals surface area contributed by atoms with Gasteiger partial charge in [0, 0.05) is 5.56 Å². The van der Waals surface area contributed by atoms with Crippen LogP contribution < -0.4 is 10.1 Å². The molecule has 0 amide bonds. The van der Waals surface area contributed by atoms with E-state index in [4.69, 9.17) is 16.3 Å². The zero-order chi connectivity index (χ0) is 15.4. The molecule has 0 radical (unpaired) electrons. The van der Waals surface area contributed by atoms with Crippen molar-refractivity contribution in [1.29, 1.82) is 0 Å². The number of ether oxygens (including phenoxy) is 1. The maximum absolute atomic E-state index is 6.21. The van der Waals surface area contributed by atoms with Gasteiger partial charge in [0.2, 0.25) is 5.95 Å². The van der Waals surface area contributed by atoms with Crippen molar-refractivity contribution in [3.63, 3.8) is 0 Å². The van der Waals surface area contributed by atoms with Gasteiger partial charge in [-0.2, -0.15) is 0 Å². The minimum absolute atomic E-state index is 0.466. The van der Waals surface area contributed by atoms with Crippen molar-refractivity contribution >= 4 is 23.2 Å². The van der Waals surface area contributed by atoms with Crippen molar-refractivity contribution in [2.75, 3.05) is 12.4 Å². The average Bonchev–Trinajstić information content (AvgIpc) is 2.58. The summed E-state index contributed by atoms with van der Waals surface area (Å²) in [6.07, 6.45) is 1.59. The summed E-state index contributed by atoms with van der Waals surface area (Å²) >= 11 is 6.21. The largest absolute Gasteiger partial charge is 0.495 e. The molecule has 1 aromatic heterocycles. The molecule has 1 N–H and O–H groups in total. The predicted octanol–water partition coefficient (Wildman–Crippen LogP) is 4.55. The Labute approximate surface area is 133 Å². The van der Waals surface area contributed by atoms with Gasteiger partial charge in [-0.15, -0.1) is 0 Å². The van der Waals surface area contributed by atoms with E-state index in [2.05, 4.69) is 15.3 Å². The Bertz CT molecular complexity index is 778. The molecule has 110 valence electrons. The highest BCUT2D eigenvalue weighted by Crippen LogP contribution is 2.29. The molecule has 0 atom stereocenters. The SMILES string of the molecule is COc1ccccc1Nc1ncc(Cl)c(-c2ccccc2)n1. The van der Waals surface area contributed by atoms with Crippen LogP contribution in [0.1, 0.15) is 0 Å².